The van der Waals surface area contributed by atoms with Gasteiger partial charge in [0.1, 0.15) is 5.75 Å². The van der Waals surface area contributed by atoms with Crippen LogP contribution in [0.3, 0.4) is 0 Å². The van der Waals surface area contributed by atoms with Crippen LogP contribution in [0.25, 0.3) is 0 Å². The van der Waals surface area contributed by atoms with Crippen molar-refractivity contribution in [2.75, 3.05) is 5.32 Å². The Morgan fingerprint density at radius 3 is 2.44 bits per heavy atom. The molecule has 0 aliphatic carbocycles. The van der Waals surface area contributed by atoms with Crippen LogP contribution in [-0.2, 0) is 0 Å². The summed E-state index contributed by atoms with van der Waals surface area (Å²) in [7, 11) is 0. The van der Waals surface area contributed by atoms with Crippen molar-refractivity contribution in [2.45, 2.75) is 0 Å². The molecule has 2 N–H and O–H groups in total. The van der Waals surface area contributed by atoms with E-state index in [1.54, 1.807) is 24.3 Å². The van der Waals surface area contributed by atoms with Gasteiger partial charge in [-0.25, -0.2) is 0 Å². The summed E-state index contributed by atoms with van der Waals surface area (Å²) >= 11 is 11.5. The van der Waals surface area contributed by atoms with Crippen LogP contribution in [-0.4, -0.2) is 11.0 Å². The number of hydrogen-bond donors (Lipinski definition) is 2. The van der Waals surface area contributed by atoms with Crippen molar-refractivity contribution >= 4 is 34.8 Å². The number of halogens is 2. The SMILES string of the molecule is O=C(Nc1ccccc1)c1cc(Cl)cc(Cl)c1O. The number of hydrogen-bond acceptors (Lipinski definition) is 2. The molecule has 2 aromatic carbocycles. The van der Waals surface area contributed by atoms with Crippen molar-refractivity contribution in [1.29, 1.82) is 0 Å². The third-order valence-electron chi connectivity index (χ3n) is 2.30. The van der Waals surface area contributed by atoms with Crippen LogP contribution in [0, 0.1) is 0 Å². The molecule has 0 heterocycles. The van der Waals surface area contributed by atoms with Crippen molar-refractivity contribution in [2.24, 2.45) is 0 Å². The minimum atomic E-state index is -0.469. The minimum Gasteiger partial charge on any atom is -0.506 e. The van der Waals surface area contributed by atoms with Gasteiger partial charge in [0.05, 0.1) is 10.6 Å². The molecule has 0 aromatic heterocycles. The molecule has 5 heteroatoms. The van der Waals surface area contributed by atoms with Gasteiger partial charge < -0.3 is 10.4 Å². The highest BCUT2D eigenvalue weighted by Crippen LogP contribution is 2.31. The average molecular weight is 282 g/mol. The first kappa shape index (κ1) is 12.7. The predicted molar refractivity (Wildman–Crippen MR) is 72.5 cm³/mol. The molecular weight excluding hydrogens is 273 g/mol. The molecule has 0 fully saturated rings. The maximum Gasteiger partial charge on any atom is 0.259 e. The Morgan fingerprint density at radius 2 is 1.78 bits per heavy atom. The lowest BCUT2D eigenvalue weighted by Crippen LogP contribution is -2.12. The Balaban J connectivity index is 2.30. The van der Waals surface area contributed by atoms with Gasteiger partial charge in [0.15, 0.2) is 0 Å². The molecule has 18 heavy (non-hydrogen) atoms. The molecule has 0 atom stereocenters. The number of benzene rings is 2. The van der Waals surface area contributed by atoms with E-state index in [0.717, 1.165) is 0 Å². The molecule has 0 bridgehead atoms. The normalized spacial score (nSPS) is 10.1. The van der Waals surface area contributed by atoms with Crippen LogP contribution in [0.4, 0.5) is 5.69 Å². The number of anilines is 1. The Kier molecular flexibility index (Phi) is 3.75. The van der Waals surface area contributed by atoms with Crippen LogP contribution in [0.1, 0.15) is 10.4 Å². The van der Waals surface area contributed by atoms with Gasteiger partial charge in [-0.2, -0.15) is 0 Å². The van der Waals surface area contributed by atoms with Gasteiger partial charge in [-0.15, -0.1) is 0 Å². The number of aromatic hydroxyl groups is 1. The molecular formula is C13H9Cl2NO2. The molecule has 0 radical (unpaired) electrons. The fourth-order valence-electron chi connectivity index (χ4n) is 1.46. The van der Waals surface area contributed by atoms with Crippen molar-refractivity contribution in [3.05, 3.63) is 58.1 Å². The average Bonchev–Trinajstić information content (AvgIpc) is 2.35. The zero-order valence-corrected chi connectivity index (χ0v) is 10.7. The summed E-state index contributed by atoms with van der Waals surface area (Å²) in [5.41, 5.74) is 0.661. The minimum absolute atomic E-state index is 0.0383. The highest BCUT2D eigenvalue weighted by Gasteiger charge is 2.15. The molecule has 0 aliphatic heterocycles. The summed E-state index contributed by atoms with van der Waals surface area (Å²) in [5.74, 6) is -0.752. The fourth-order valence-corrected chi connectivity index (χ4v) is 1.95. The Hall–Kier alpha value is -1.71. The van der Waals surface area contributed by atoms with Crippen LogP contribution in [0.5, 0.6) is 5.75 Å². The summed E-state index contributed by atoms with van der Waals surface area (Å²) in [6.45, 7) is 0. The largest absolute Gasteiger partial charge is 0.506 e. The molecule has 0 aliphatic rings. The van der Waals surface area contributed by atoms with E-state index in [2.05, 4.69) is 5.32 Å². The summed E-state index contributed by atoms with van der Waals surface area (Å²) < 4.78 is 0. The second-order valence-electron chi connectivity index (χ2n) is 3.60. The van der Waals surface area contributed by atoms with Crippen molar-refractivity contribution < 1.29 is 9.90 Å². The first-order valence-electron chi connectivity index (χ1n) is 5.12. The van der Waals surface area contributed by atoms with E-state index >= 15 is 0 Å². The zero-order chi connectivity index (χ0) is 13.1. The number of rotatable bonds is 2. The van der Waals surface area contributed by atoms with E-state index in [9.17, 15) is 9.90 Å². The van der Waals surface area contributed by atoms with Crippen LogP contribution in [0.15, 0.2) is 42.5 Å². The van der Waals surface area contributed by atoms with Crippen LogP contribution >= 0.6 is 23.2 Å². The highest BCUT2D eigenvalue weighted by atomic mass is 35.5. The lowest BCUT2D eigenvalue weighted by molar-refractivity contribution is 0.102. The van der Waals surface area contributed by atoms with Gasteiger partial charge in [0.25, 0.3) is 5.91 Å². The molecule has 2 aromatic rings. The summed E-state index contributed by atoms with van der Waals surface area (Å²) in [6, 6.07) is 11.6. The smallest absolute Gasteiger partial charge is 0.259 e. The third kappa shape index (κ3) is 2.75. The molecule has 0 spiro atoms. The lowest BCUT2D eigenvalue weighted by Gasteiger charge is -2.08. The first-order chi connectivity index (χ1) is 8.58. The number of para-hydroxylation sites is 1. The Morgan fingerprint density at radius 1 is 1.11 bits per heavy atom. The van der Waals surface area contributed by atoms with E-state index in [1.807, 2.05) is 6.07 Å². The number of carbonyl (C=O) groups is 1. The van der Waals surface area contributed by atoms with E-state index in [-0.39, 0.29) is 21.4 Å². The second-order valence-corrected chi connectivity index (χ2v) is 4.45. The van der Waals surface area contributed by atoms with Crippen LogP contribution in [0.2, 0.25) is 10.0 Å². The van der Waals surface area contributed by atoms with Gasteiger partial charge in [-0.05, 0) is 24.3 Å². The maximum atomic E-state index is 12.0. The molecule has 3 nitrogen and oxygen atoms in total. The third-order valence-corrected chi connectivity index (χ3v) is 2.81. The summed E-state index contributed by atoms with van der Waals surface area (Å²) in [4.78, 5) is 12.0. The monoisotopic (exact) mass is 281 g/mol. The van der Waals surface area contributed by atoms with Gasteiger partial charge in [0.2, 0.25) is 0 Å². The zero-order valence-electron chi connectivity index (χ0n) is 9.15. The Bertz CT molecular complexity index is 585. The molecule has 0 unspecified atom stereocenters. The van der Waals surface area contributed by atoms with Crippen molar-refractivity contribution in [1.82, 2.24) is 0 Å². The second kappa shape index (κ2) is 5.29. The summed E-state index contributed by atoms with van der Waals surface area (Å²) in [6.07, 6.45) is 0. The number of phenolic OH excluding ortho intramolecular Hbond substituents is 1. The van der Waals surface area contributed by atoms with Crippen LogP contribution < -0.4 is 5.32 Å². The molecule has 92 valence electrons. The van der Waals surface area contributed by atoms with E-state index in [4.69, 9.17) is 23.2 Å². The molecule has 2 rings (SSSR count). The van der Waals surface area contributed by atoms with Gasteiger partial charge in [0, 0.05) is 10.7 Å². The number of amides is 1. The topological polar surface area (TPSA) is 49.3 Å². The first-order valence-corrected chi connectivity index (χ1v) is 5.88. The van der Waals surface area contributed by atoms with Crippen molar-refractivity contribution in [3.63, 3.8) is 0 Å². The van der Waals surface area contributed by atoms with E-state index in [1.165, 1.54) is 12.1 Å². The van der Waals surface area contributed by atoms with Crippen molar-refractivity contribution in [3.8, 4) is 5.75 Å². The van der Waals surface area contributed by atoms with Gasteiger partial charge in [-0.3, -0.25) is 4.79 Å². The van der Waals surface area contributed by atoms with E-state index in [0.29, 0.717) is 5.69 Å². The van der Waals surface area contributed by atoms with Gasteiger partial charge in [-0.1, -0.05) is 41.4 Å². The Labute approximate surface area is 114 Å². The standard InChI is InChI=1S/C13H9Cl2NO2/c14-8-6-10(12(17)11(15)7-8)13(18)16-9-4-2-1-3-5-9/h1-7,17H,(H,16,18). The van der Waals surface area contributed by atoms with E-state index < -0.39 is 5.91 Å². The number of nitrogens with one attached hydrogen (secondary N) is 1. The number of carbonyl (C=O) groups excluding carboxylic acids is 1. The quantitative estimate of drug-likeness (QED) is 0.876. The van der Waals surface area contributed by atoms with Gasteiger partial charge >= 0.3 is 0 Å². The predicted octanol–water partition coefficient (Wildman–Crippen LogP) is 3.95. The number of phenols is 1. The molecule has 0 saturated heterocycles. The fraction of sp³-hybridized carbons (Fsp3) is 0. The maximum absolute atomic E-state index is 12.0. The summed E-state index contributed by atoms with van der Waals surface area (Å²) in [5, 5.41) is 12.7. The lowest BCUT2D eigenvalue weighted by atomic mass is 10.2. The highest BCUT2D eigenvalue weighted by molar-refractivity contribution is 6.36. The molecule has 0 saturated carbocycles. The molecule has 1 amide bonds.